The van der Waals surface area contributed by atoms with Crippen LogP contribution in [0.5, 0.6) is 5.75 Å². The van der Waals surface area contributed by atoms with Gasteiger partial charge in [-0.2, -0.15) is 16.9 Å². The molecule has 3 aromatic rings. The molecule has 178 valence electrons. The fraction of sp³-hybridized carbons (Fsp3) is 0.292. The van der Waals surface area contributed by atoms with Crippen LogP contribution in [0.15, 0.2) is 42.5 Å². The number of ether oxygens (including phenoxy) is 2. The van der Waals surface area contributed by atoms with Gasteiger partial charge in [0.15, 0.2) is 11.6 Å². The number of fused-ring (bicyclic) bond motifs is 1. The molecule has 1 aromatic heterocycles. The molecule has 10 heteroatoms. The summed E-state index contributed by atoms with van der Waals surface area (Å²) in [6, 6.07) is 9.48. The number of rotatable bonds is 8. The number of hydrogen-bond donors (Lipinski definition) is 2. The van der Waals surface area contributed by atoms with Gasteiger partial charge in [-0.3, -0.25) is 14.7 Å². The highest BCUT2D eigenvalue weighted by Gasteiger charge is 2.19. The number of allylic oxidation sites excluding steroid dienone is 1. The number of halogens is 1. The van der Waals surface area contributed by atoms with E-state index in [1.165, 1.54) is 25.3 Å². The number of carbonyl (C=O) groups is 2. The highest BCUT2D eigenvalue weighted by molar-refractivity contribution is 7.99. The number of hydrogen-bond acceptors (Lipinski definition) is 7. The largest absolute Gasteiger partial charge is 0.488 e. The molecule has 1 saturated heterocycles. The summed E-state index contributed by atoms with van der Waals surface area (Å²) in [5.41, 5.74) is 8.04. The van der Waals surface area contributed by atoms with Crippen LogP contribution >= 0.6 is 11.8 Å². The van der Waals surface area contributed by atoms with Crippen LogP contribution in [0.25, 0.3) is 16.6 Å². The maximum Gasteiger partial charge on any atom is 0.253 e. The lowest BCUT2D eigenvalue weighted by Gasteiger charge is -2.26. The first-order valence-electron chi connectivity index (χ1n) is 10.8. The van der Waals surface area contributed by atoms with Gasteiger partial charge >= 0.3 is 0 Å². The van der Waals surface area contributed by atoms with Crippen LogP contribution in [0.4, 0.5) is 4.39 Å². The second-order valence-corrected chi connectivity index (χ2v) is 8.91. The van der Waals surface area contributed by atoms with Gasteiger partial charge in [0.2, 0.25) is 5.78 Å². The highest BCUT2D eigenvalue weighted by atomic mass is 32.2. The topological polar surface area (TPSA) is 111 Å². The fourth-order valence-electron chi connectivity index (χ4n) is 3.60. The highest BCUT2D eigenvalue weighted by Crippen LogP contribution is 2.26. The number of nitrogens with two attached hydrogens (primary N) is 1. The van der Waals surface area contributed by atoms with E-state index < -0.39 is 11.6 Å². The molecule has 4 rings (SSSR count). The summed E-state index contributed by atoms with van der Waals surface area (Å²) in [7, 11) is 1.53. The Bertz CT molecular complexity index is 1220. The molecule has 1 aliphatic heterocycles. The maximum atomic E-state index is 14.4. The van der Waals surface area contributed by atoms with Gasteiger partial charge in [0, 0.05) is 60.5 Å². The van der Waals surface area contributed by atoms with Gasteiger partial charge in [-0.05, 0) is 23.8 Å². The van der Waals surface area contributed by atoms with Crippen LogP contribution in [0.3, 0.4) is 0 Å². The lowest BCUT2D eigenvalue weighted by molar-refractivity contribution is 0.0772. The Morgan fingerprint density at radius 1 is 1.18 bits per heavy atom. The summed E-state index contributed by atoms with van der Waals surface area (Å²) < 4.78 is 24.7. The van der Waals surface area contributed by atoms with E-state index >= 15 is 0 Å². The van der Waals surface area contributed by atoms with Crippen molar-refractivity contribution in [3.8, 4) is 5.75 Å². The van der Waals surface area contributed by atoms with Crippen LogP contribution in [0.2, 0.25) is 0 Å². The van der Waals surface area contributed by atoms with Crippen molar-refractivity contribution in [1.82, 2.24) is 15.1 Å². The van der Waals surface area contributed by atoms with Gasteiger partial charge in [-0.25, -0.2) is 4.39 Å². The minimum atomic E-state index is -0.608. The van der Waals surface area contributed by atoms with Gasteiger partial charge < -0.3 is 20.1 Å². The number of aromatic amines is 1. The predicted molar refractivity (Wildman–Crippen MR) is 130 cm³/mol. The van der Waals surface area contributed by atoms with Crippen molar-refractivity contribution in [2.45, 2.75) is 0 Å². The van der Waals surface area contributed by atoms with Crippen molar-refractivity contribution in [3.63, 3.8) is 0 Å². The zero-order chi connectivity index (χ0) is 24.1. The summed E-state index contributed by atoms with van der Waals surface area (Å²) in [5, 5.41) is 7.09. The molecule has 8 nitrogen and oxygen atoms in total. The van der Waals surface area contributed by atoms with Gasteiger partial charge in [0.25, 0.3) is 5.91 Å². The second-order valence-electron chi connectivity index (χ2n) is 7.69. The van der Waals surface area contributed by atoms with Crippen LogP contribution in [0, 0.1) is 5.82 Å². The van der Waals surface area contributed by atoms with Crippen LogP contribution < -0.4 is 10.5 Å². The van der Waals surface area contributed by atoms with Gasteiger partial charge in [0.05, 0.1) is 12.1 Å². The van der Waals surface area contributed by atoms with Crippen LogP contribution in [-0.2, 0) is 4.74 Å². The number of thioether (sulfide) groups is 1. The average Bonchev–Trinajstić information content (AvgIpc) is 3.27. The Morgan fingerprint density at radius 3 is 2.59 bits per heavy atom. The van der Waals surface area contributed by atoms with Gasteiger partial charge in [-0.1, -0.05) is 12.1 Å². The number of nitrogens with one attached hydrogen (secondary N) is 1. The first kappa shape index (κ1) is 23.8. The van der Waals surface area contributed by atoms with E-state index in [9.17, 15) is 14.0 Å². The number of amides is 1. The lowest BCUT2D eigenvalue weighted by atomic mass is 10.1. The van der Waals surface area contributed by atoms with Crippen molar-refractivity contribution in [3.05, 3.63) is 65.1 Å². The number of methoxy groups -OCH3 is 1. The third-order valence-corrected chi connectivity index (χ3v) is 6.39. The fourth-order valence-corrected chi connectivity index (χ4v) is 4.50. The molecule has 0 atom stereocenters. The quantitative estimate of drug-likeness (QED) is 0.287. The van der Waals surface area contributed by atoms with Crippen LogP contribution in [-0.4, -0.2) is 71.7 Å². The van der Waals surface area contributed by atoms with Crippen molar-refractivity contribution in [2.24, 2.45) is 5.73 Å². The minimum absolute atomic E-state index is 0.0129. The Hall–Kier alpha value is -3.37. The van der Waals surface area contributed by atoms with E-state index in [0.717, 1.165) is 24.6 Å². The first-order valence-corrected chi connectivity index (χ1v) is 11.9. The van der Waals surface area contributed by atoms with Crippen molar-refractivity contribution in [2.75, 3.05) is 44.9 Å². The lowest BCUT2D eigenvalue weighted by Crippen LogP contribution is -2.37. The Morgan fingerprint density at radius 2 is 1.88 bits per heavy atom. The molecular formula is C24H25FN4O4S. The Kier molecular flexibility index (Phi) is 7.49. The second kappa shape index (κ2) is 10.7. The number of ketones is 1. The third-order valence-electron chi connectivity index (χ3n) is 5.44. The van der Waals surface area contributed by atoms with E-state index in [1.54, 1.807) is 24.3 Å². The molecule has 2 aromatic carbocycles. The maximum absolute atomic E-state index is 14.4. The molecule has 0 saturated carbocycles. The third kappa shape index (κ3) is 5.23. The van der Waals surface area contributed by atoms with E-state index in [4.69, 9.17) is 15.2 Å². The molecule has 0 aliphatic carbocycles. The van der Waals surface area contributed by atoms with Crippen LogP contribution in [0.1, 0.15) is 26.4 Å². The standard InChI is InChI=1S/C24H25FN4O4S/c1-32-8-9-33-22-14-20-17(12-18(22)25)23(28-27-20)21(30)13-19(26)15-2-4-16(5-3-15)24(31)29-6-10-34-11-7-29/h2-5,12-14H,6-11,26H2,1H3,(H,27,28)/b19-13-. The molecule has 3 N–H and O–H groups in total. The smallest absolute Gasteiger partial charge is 0.253 e. The number of benzene rings is 2. The number of nitrogens with zero attached hydrogens (tertiary/aromatic N) is 2. The number of carbonyl (C=O) groups excluding carboxylic acids is 2. The zero-order valence-electron chi connectivity index (χ0n) is 18.7. The summed E-state index contributed by atoms with van der Waals surface area (Å²) in [6.07, 6.45) is 1.25. The zero-order valence-corrected chi connectivity index (χ0v) is 19.5. The van der Waals surface area contributed by atoms with Crippen molar-refractivity contribution >= 4 is 40.1 Å². The Balaban J connectivity index is 1.49. The van der Waals surface area contributed by atoms with Gasteiger partial charge in [-0.15, -0.1) is 0 Å². The molecule has 1 aliphatic rings. The molecule has 0 bridgehead atoms. The summed E-state index contributed by atoms with van der Waals surface area (Å²) >= 11 is 1.84. The molecule has 0 unspecified atom stereocenters. The summed E-state index contributed by atoms with van der Waals surface area (Å²) in [4.78, 5) is 27.3. The first-order chi connectivity index (χ1) is 16.5. The Labute approximate surface area is 200 Å². The molecular weight excluding hydrogens is 459 g/mol. The average molecular weight is 485 g/mol. The van der Waals surface area contributed by atoms with E-state index in [1.807, 2.05) is 16.7 Å². The normalized spacial score (nSPS) is 14.4. The van der Waals surface area contributed by atoms with Crippen molar-refractivity contribution < 1.29 is 23.5 Å². The minimum Gasteiger partial charge on any atom is -0.488 e. The molecule has 2 heterocycles. The summed E-state index contributed by atoms with van der Waals surface area (Å²) in [5.74, 6) is 0.831. The van der Waals surface area contributed by atoms with Gasteiger partial charge in [0.1, 0.15) is 12.3 Å². The monoisotopic (exact) mass is 484 g/mol. The number of aromatic nitrogens is 2. The SMILES string of the molecule is COCCOc1cc2[nH]nc(C(=O)/C=C(\N)c3ccc(C(=O)N4CCSCC4)cc3)c2cc1F. The molecule has 1 amide bonds. The van der Waals surface area contributed by atoms with E-state index in [0.29, 0.717) is 28.6 Å². The van der Waals surface area contributed by atoms with E-state index in [2.05, 4.69) is 10.2 Å². The number of H-pyrrole nitrogens is 1. The predicted octanol–water partition coefficient (Wildman–Crippen LogP) is 3.10. The molecule has 34 heavy (non-hydrogen) atoms. The van der Waals surface area contributed by atoms with E-state index in [-0.39, 0.29) is 29.7 Å². The molecule has 0 radical (unpaired) electrons. The molecule has 1 fully saturated rings. The van der Waals surface area contributed by atoms with Crippen molar-refractivity contribution in [1.29, 1.82) is 0 Å². The summed E-state index contributed by atoms with van der Waals surface area (Å²) in [6.45, 7) is 1.99. The molecule has 0 spiro atoms.